The Morgan fingerprint density at radius 1 is 0.947 bits per heavy atom. The molecule has 1 aromatic heterocycles. The van der Waals surface area contributed by atoms with Crippen molar-refractivity contribution in [1.29, 1.82) is 0 Å². The Morgan fingerprint density at radius 2 is 1.53 bits per heavy atom. The van der Waals surface area contributed by atoms with E-state index in [1.54, 1.807) is 9.36 Å². The molecule has 0 spiro atoms. The van der Waals surface area contributed by atoms with Crippen LogP contribution >= 0.6 is 0 Å². The Morgan fingerprint density at radius 3 is 2.11 bits per heavy atom. The van der Waals surface area contributed by atoms with Gasteiger partial charge in [-0.3, -0.25) is 0 Å². The van der Waals surface area contributed by atoms with Gasteiger partial charge in [0.2, 0.25) is 0 Å². The highest BCUT2D eigenvalue weighted by Gasteiger charge is 2.36. The Kier molecular flexibility index (Phi) is 2.01. The molecule has 2 aromatic rings. The largest absolute Gasteiger partial charge is 0.348 e. The molecule has 19 heavy (non-hydrogen) atoms. The Labute approximate surface area is 109 Å². The van der Waals surface area contributed by atoms with Gasteiger partial charge in [0.05, 0.1) is 18.6 Å². The second-order valence-electron chi connectivity index (χ2n) is 5.08. The van der Waals surface area contributed by atoms with Gasteiger partial charge in [0.1, 0.15) is 0 Å². The summed E-state index contributed by atoms with van der Waals surface area (Å²) in [5.41, 5.74) is 0.559. The average molecular weight is 255 g/mol. The van der Waals surface area contributed by atoms with Crippen LogP contribution in [0.2, 0.25) is 0 Å². The number of nitrogens with zero attached hydrogens (tertiary/aromatic N) is 3. The van der Waals surface area contributed by atoms with Crippen molar-refractivity contribution in [3.05, 3.63) is 69.0 Å². The Bertz CT molecular complexity index is 736. The lowest BCUT2D eigenvalue weighted by molar-refractivity contribution is 0.505. The number of fused-ring (bicyclic) bond motifs is 5. The third-order valence-corrected chi connectivity index (χ3v) is 3.94. The number of aromatic nitrogens is 3. The highest BCUT2D eigenvalue weighted by atomic mass is 16.2. The molecule has 5 heteroatoms. The van der Waals surface area contributed by atoms with Gasteiger partial charge in [-0.25, -0.2) is 23.5 Å². The zero-order chi connectivity index (χ0) is 13.0. The molecule has 1 aliphatic carbocycles. The standard InChI is InChI=1S/C14H13N3O2/c18-13-15(9-10-4-2-1-3-5-10)14(19)17-12-7-6-11(8-12)16(13)17/h1-7,11-12H,8-9H2/t11-,12-/m1/s1. The predicted octanol–water partition coefficient (Wildman–Crippen LogP) is 0.915. The number of allylic oxidation sites excluding steroid dienone is 2. The normalized spacial score (nSPS) is 22.9. The first kappa shape index (κ1) is 10.6. The van der Waals surface area contributed by atoms with Crippen LogP contribution in [-0.2, 0) is 6.54 Å². The molecule has 2 heterocycles. The highest BCUT2D eigenvalue weighted by molar-refractivity contribution is 5.16. The van der Waals surface area contributed by atoms with Crippen LogP contribution in [0.15, 0.2) is 52.1 Å². The van der Waals surface area contributed by atoms with Crippen molar-refractivity contribution in [2.24, 2.45) is 0 Å². The maximum Gasteiger partial charge on any atom is 0.348 e. The van der Waals surface area contributed by atoms with E-state index in [1.807, 2.05) is 42.5 Å². The molecule has 1 aliphatic heterocycles. The molecule has 0 N–H and O–H groups in total. The van der Waals surface area contributed by atoms with E-state index in [-0.39, 0.29) is 23.5 Å². The Hall–Kier alpha value is -2.30. The van der Waals surface area contributed by atoms with Crippen LogP contribution in [0.5, 0.6) is 0 Å². The molecule has 5 nitrogen and oxygen atoms in total. The summed E-state index contributed by atoms with van der Waals surface area (Å²) in [7, 11) is 0. The maximum atomic E-state index is 12.3. The van der Waals surface area contributed by atoms with Crippen LogP contribution in [-0.4, -0.2) is 13.9 Å². The van der Waals surface area contributed by atoms with Gasteiger partial charge in [-0.15, -0.1) is 0 Å². The SMILES string of the molecule is O=c1n(Cc2ccccc2)c(=O)n2n1[C@@H]1C=C[C@@H]2C1. The third kappa shape index (κ3) is 1.35. The fourth-order valence-corrected chi connectivity index (χ4v) is 3.04. The minimum absolute atomic E-state index is 0.0576. The molecule has 0 amide bonds. The summed E-state index contributed by atoms with van der Waals surface area (Å²) >= 11 is 0. The summed E-state index contributed by atoms with van der Waals surface area (Å²) in [5.74, 6) is 0. The molecular weight excluding hydrogens is 242 g/mol. The minimum atomic E-state index is -0.203. The Balaban J connectivity index is 1.84. The molecule has 2 aliphatic rings. The second-order valence-corrected chi connectivity index (χ2v) is 5.08. The van der Waals surface area contributed by atoms with Crippen LogP contribution in [0, 0.1) is 0 Å². The molecule has 2 atom stereocenters. The van der Waals surface area contributed by atoms with Crippen LogP contribution in [0.3, 0.4) is 0 Å². The van der Waals surface area contributed by atoms with Gasteiger partial charge in [-0.1, -0.05) is 42.5 Å². The first-order chi connectivity index (χ1) is 9.25. The van der Waals surface area contributed by atoms with E-state index >= 15 is 0 Å². The lowest BCUT2D eigenvalue weighted by atomic mass is 10.2. The summed E-state index contributed by atoms with van der Waals surface area (Å²) in [4.78, 5) is 24.7. The first-order valence-corrected chi connectivity index (χ1v) is 6.42. The molecule has 2 bridgehead atoms. The van der Waals surface area contributed by atoms with Crippen LogP contribution < -0.4 is 11.4 Å². The maximum absolute atomic E-state index is 12.3. The molecule has 0 radical (unpaired) electrons. The summed E-state index contributed by atoms with van der Waals surface area (Å²) in [6.45, 7) is 0.338. The summed E-state index contributed by atoms with van der Waals surface area (Å²) in [6, 6.07) is 9.70. The zero-order valence-electron chi connectivity index (χ0n) is 10.3. The summed E-state index contributed by atoms with van der Waals surface area (Å²) < 4.78 is 4.51. The molecule has 0 saturated carbocycles. The van der Waals surface area contributed by atoms with E-state index in [1.165, 1.54) is 4.57 Å². The fourth-order valence-electron chi connectivity index (χ4n) is 3.04. The van der Waals surface area contributed by atoms with Crippen molar-refractivity contribution in [2.45, 2.75) is 25.0 Å². The molecule has 0 fully saturated rings. The molecule has 1 aromatic carbocycles. The minimum Gasteiger partial charge on any atom is -0.246 e. The van der Waals surface area contributed by atoms with E-state index < -0.39 is 0 Å². The van der Waals surface area contributed by atoms with Gasteiger partial charge in [0, 0.05) is 0 Å². The monoisotopic (exact) mass is 255 g/mol. The quantitative estimate of drug-likeness (QED) is 0.749. The van der Waals surface area contributed by atoms with Crippen molar-refractivity contribution in [3.8, 4) is 0 Å². The van der Waals surface area contributed by atoms with Gasteiger partial charge in [0.25, 0.3) is 0 Å². The van der Waals surface area contributed by atoms with Gasteiger partial charge in [-0.2, -0.15) is 0 Å². The lowest BCUT2D eigenvalue weighted by Crippen LogP contribution is -2.30. The van der Waals surface area contributed by atoms with Crippen molar-refractivity contribution >= 4 is 0 Å². The van der Waals surface area contributed by atoms with E-state index in [2.05, 4.69) is 0 Å². The lowest BCUT2D eigenvalue weighted by Gasteiger charge is -2.07. The smallest absolute Gasteiger partial charge is 0.246 e. The fraction of sp³-hybridized carbons (Fsp3) is 0.286. The van der Waals surface area contributed by atoms with E-state index in [0.717, 1.165) is 12.0 Å². The van der Waals surface area contributed by atoms with Gasteiger partial charge >= 0.3 is 11.4 Å². The summed E-state index contributed by atoms with van der Waals surface area (Å²) in [6.07, 6.45) is 4.87. The topological polar surface area (TPSA) is 48.9 Å². The van der Waals surface area contributed by atoms with Crippen molar-refractivity contribution in [3.63, 3.8) is 0 Å². The average Bonchev–Trinajstić information content (AvgIpc) is 3.10. The van der Waals surface area contributed by atoms with Gasteiger partial charge in [0.15, 0.2) is 0 Å². The molecule has 0 saturated heterocycles. The first-order valence-electron chi connectivity index (χ1n) is 6.42. The number of rotatable bonds is 2. The molecule has 0 unspecified atom stereocenters. The van der Waals surface area contributed by atoms with Gasteiger partial charge < -0.3 is 0 Å². The molecular formula is C14H13N3O2. The molecule has 4 rings (SSSR count). The highest BCUT2D eigenvalue weighted by Crippen LogP contribution is 2.35. The number of hydrogen-bond acceptors (Lipinski definition) is 2. The van der Waals surface area contributed by atoms with Crippen LogP contribution in [0.4, 0.5) is 0 Å². The van der Waals surface area contributed by atoms with E-state index in [4.69, 9.17) is 0 Å². The van der Waals surface area contributed by atoms with Crippen LogP contribution in [0.25, 0.3) is 0 Å². The molecule has 96 valence electrons. The van der Waals surface area contributed by atoms with Crippen molar-refractivity contribution in [2.75, 3.05) is 0 Å². The van der Waals surface area contributed by atoms with E-state index in [0.29, 0.717) is 6.54 Å². The third-order valence-electron chi connectivity index (χ3n) is 3.94. The summed E-state index contributed by atoms with van der Waals surface area (Å²) in [5, 5.41) is 0. The number of hydrogen-bond donors (Lipinski definition) is 0. The van der Waals surface area contributed by atoms with Crippen molar-refractivity contribution < 1.29 is 0 Å². The van der Waals surface area contributed by atoms with Gasteiger partial charge in [-0.05, 0) is 12.0 Å². The van der Waals surface area contributed by atoms with Crippen LogP contribution in [0.1, 0.15) is 24.1 Å². The van der Waals surface area contributed by atoms with Crippen molar-refractivity contribution in [1.82, 2.24) is 13.9 Å². The zero-order valence-corrected chi connectivity index (χ0v) is 10.3. The predicted molar refractivity (Wildman–Crippen MR) is 70.3 cm³/mol. The number of benzene rings is 1. The second kappa shape index (κ2) is 3.60. The van der Waals surface area contributed by atoms with E-state index in [9.17, 15) is 9.59 Å².